The van der Waals surface area contributed by atoms with Crippen LogP contribution in [0.1, 0.15) is 57.1 Å². The minimum Gasteiger partial charge on any atom is -0.466 e. The van der Waals surface area contributed by atoms with Crippen molar-refractivity contribution in [3.63, 3.8) is 0 Å². The third-order valence-electron chi connectivity index (χ3n) is 7.22. The predicted molar refractivity (Wildman–Crippen MR) is 125 cm³/mol. The molecule has 2 heterocycles. The summed E-state index contributed by atoms with van der Waals surface area (Å²) in [6.07, 6.45) is 5.49. The lowest BCUT2D eigenvalue weighted by Crippen LogP contribution is -2.41. The molecule has 1 N–H and O–H groups in total. The van der Waals surface area contributed by atoms with E-state index >= 15 is 0 Å². The number of rotatable bonds is 6. The highest BCUT2D eigenvalue weighted by Gasteiger charge is 2.43. The lowest BCUT2D eigenvalue weighted by Gasteiger charge is -2.36. The Kier molecular flexibility index (Phi) is 6.03. The Labute approximate surface area is 197 Å². The number of esters is 1. The number of fused-ring (bicyclic) bond motifs is 3. The molecule has 0 saturated heterocycles. The minimum atomic E-state index is -0.604. The number of halogens is 1. The fourth-order valence-corrected chi connectivity index (χ4v) is 6.69. The van der Waals surface area contributed by atoms with Gasteiger partial charge in [-0.05, 0) is 60.6 Å². The summed E-state index contributed by atoms with van der Waals surface area (Å²) in [4.78, 5) is 32.5. The van der Waals surface area contributed by atoms with E-state index < -0.39 is 12.0 Å². The monoisotopic (exact) mass is 469 g/mol. The van der Waals surface area contributed by atoms with Crippen molar-refractivity contribution in [3.8, 4) is 0 Å². The molecule has 6 nitrogen and oxygen atoms in total. The molecule has 33 heavy (non-hydrogen) atoms. The molecule has 4 aliphatic rings. The molecule has 8 heteroatoms. The van der Waals surface area contributed by atoms with Gasteiger partial charge in [-0.25, -0.2) is 14.2 Å². The van der Waals surface area contributed by atoms with Crippen LogP contribution >= 0.6 is 11.8 Å². The predicted octanol–water partition coefficient (Wildman–Crippen LogP) is 4.66. The minimum absolute atomic E-state index is 0.0245. The zero-order valence-electron chi connectivity index (χ0n) is 18.8. The summed E-state index contributed by atoms with van der Waals surface area (Å²) in [5.74, 6) is 0.444. The quantitative estimate of drug-likeness (QED) is 0.614. The van der Waals surface area contributed by atoms with E-state index in [0.29, 0.717) is 34.3 Å². The number of thioether (sulfide) groups is 1. The summed E-state index contributed by atoms with van der Waals surface area (Å²) < 4.78 is 19.3. The van der Waals surface area contributed by atoms with E-state index in [4.69, 9.17) is 9.73 Å². The molecular weight excluding hydrogens is 441 g/mol. The van der Waals surface area contributed by atoms with Crippen molar-refractivity contribution in [2.45, 2.75) is 57.5 Å². The number of amides is 1. The van der Waals surface area contributed by atoms with Crippen LogP contribution in [-0.2, 0) is 14.3 Å². The number of methoxy groups -OCH3 is 1. The number of carbonyl (C=O) groups is 2. The van der Waals surface area contributed by atoms with Gasteiger partial charge in [0.1, 0.15) is 5.82 Å². The molecule has 1 aromatic carbocycles. The summed E-state index contributed by atoms with van der Waals surface area (Å²) in [5, 5.41) is 5.85. The van der Waals surface area contributed by atoms with Gasteiger partial charge in [0.2, 0.25) is 5.91 Å². The van der Waals surface area contributed by atoms with E-state index in [9.17, 15) is 14.0 Å². The molecule has 2 fully saturated rings. The second-order valence-electron chi connectivity index (χ2n) is 9.18. The van der Waals surface area contributed by atoms with Crippen molar-refractivity contribution >= 4 is 28.8 Å². The highest BCUT2D eigenvalue weighted by atomic mass is 32.2. The van der Waals surface area contributed by atoms with Crippen molar-refractivity contribution in [2.24, 2.45) is 16.8 Å². The summed E-state index contributed by atoms with van der Waals surface area (Å²) >= 11 is 1.43. The Hall–Kier alpha value is -2.61. The maximum Gasteiger partial charge on any atom is 0.338 e. The number of ether oxygens (including phenoxy) is 1. The van der Waals surface area contributed by atoms with Crippen LogP contribution in [0.2, 0.25) is 0 Å². The average molecular weight is 470 g/mol. The molecule has 2 bridgehead atoms. The molecule has 1 amide bonds. The fourth-order valence-electron chi connectivity index (χ4n) is 5.75. The van der Waals surface area contributed by atoms with Gasteiger partial charge in [0.15, 0.2) is 5.17 Å². The molecule has 4 atom stereocenters. The Morgan fingerprint density at radius 3 is 2.82 bits per heavy atom. The van der Waals surface area contributed by atoms with Gasteiger partial charge in [0.25, 0.3) is 0 Å². The number of nitrogens with one attached hydrogen (secondary N) is 1. The molecule has 0 unspecified atom stereocenters. The lowest BCUT2D eigenvalue weighted by molar-refractivity contribution is -0.136. The molecule has 2 aliphatic carbocycles. The fraction of sp³-hybridized carbons (Fsp3) is 0.480. The second-order valence-corrected chi connectivity index (χ2v) is 10.0. The number of allylic oxidation sites excluding steroid dienone is 1. The summed E-state index contributed by atoms with van der Waals surface area (Å²) in [7, 11) is 1.34. The highest BCUT2D eigenvalue weighted by Crippen LogP contribution is 2.46. The largest absolute Gasteiger partial charge is 0.466 e. The SMILES string of the molecule is CCC1=C(C(=O)OC)[C@@H](c2cccc(F)c2)N2C(CC(=O)N[C@H]3C[C@H]4CC[C@H]3C4)=CSC2=N1. The highest BCUT2D eigenvalue weighted by molar-refractivity contribution is 8.16. The maximum atomic E-state index is 14.2. The summed E-state index contributed by atoms with van der Waals surface area (Å²) in [6.45, 7) is 1.93. The number of amidine groups is 1. The van der Waals surface area contributed by atoms with E-state index in [1.165, 1.54) is 50.3 Å². The van der Waals surface area contributed by atoms with Gasteiger partial charge in [-0.2, -0.15) is 0 Å². The van der Waals surface area contributed by atoms with Crippen LogP contribution in [0.25, 0.3) is 0 Å². The first kappa shape index (κ1) is 22.2. The first-order valence-corrected chi connectivity index (χ1v) is 12.5. The standard InChI is InChI=1S/C25H28FN3O3S/c1-3-19-22(24(31)32-2)23(16-5-4-6-17(26)11-16)29-18(13-33-25(29)28-19)12-21(30)27-20-10-14-7-8-15(20)9-14/h4-6,11,13-15,20,23H,3,7-10,12H2,1-2H3,(H,27,30)/t14-,15-,20-,23+/m0/s1. The van der Waals surface area contributed by atoms with Gasteiger partial charge in [0, 0.05) is 11.7 Å². The summed E-state index contributed by atoms with van der Waals surface area (Å²) in [5.41, 5.74) is 2.38. The second kappa shape index (κ2) is 8.97. The van der Waals surface area contributed by atoms with Gasteiger partial charge in [-0.15, -0.1) is 0 Å². The lowest BCUT2D eigenvalue weighted by atomic mass is 9.92. The molecule has 0 radical (unpaired) electrons. The number of benzene rings is 1. The van der Waals surface area contributed by atoms with E-state index in [1.807, 2.05) is 17.2 Å². The zero-order chi connectivity index (χ0) is 23.1. The topological polar surface area (TPSA) is 71.0 Å². The number of nitrogens with zero attached hydrogens (tertiary/aromatic N) is 2. The molecule has 5 rings (SSSR count). The maximum absolute atomic E-state index is 14.2. The van der Waals surface area contributed by atoms with Crippen molar-refractivity contribution in [3.05, 3.63) is 58.0 Å². The van der Waals surface area contributed by atoms with Crippen LogP contribution in [0.4, 0.5) is 4.39 Å². The molecule has 1 aromatic rings. The number of hydrogen-bond acceptors (Lipinski definition) is 6. The van der Waals surface area contributed by atoms with Crippen LogP contribution in [0.15, 0.2) is 51.6 Å². The van der Waals surface area contributed by atoms with E-state index in [-0.39, 0.29) is 24.2 Å². The van der Waals surface area contributed by atoms with E-state index in [2.05, 4.69) is 5.32 Å². The smallest absolute Gasteiger partial charge is 0.338 e. The van der Waals surface area contributed by atoms with E-state index in [1.54, 1.807) is 12.1 Å². The van der Waals surface area contributed by atoms with E-state index in [0.717, 1.165) is 18.0 Å². The van der Waals surface area contributed by atoms with Crippen molar-refractivity contribution in [2.75, 3.05) is 7.11 Å². The van der Waals surface area contributed by atoms with Crippen LogP contribution in [-0.4, -0.2) is 35.1 Å². The molecule has 174 valence electrons. The first-order valence-electron chi connectivity index (χ1n) is 11.6. The van der Waals surface area contributed by atoms with Crippen LogP contribution in [0.5, 0.6) is 0 Å². The van der Waals surface area contributed by atoms with Crippen LogP contribution < -0.4 is 5.32 Å². The Morgan fingerprint density at radius 1 is 1.30 bits per heavy atom. The Morgan fingerprint density at radius 2 is 2.15 bits per heavy atom. The molecular formula is C25H28FN3O3S. The Bertz CT molecular complexity index is 1080. The number of hydrogen-bond donors (Lipinski definition) is 1. The molecule has 0 aromatic heterocycles. The Balaban J connectivity index is 1.44. The summed E-state index contributed by atoms with van der Waals surface area (Å²) in [6, 6.07) is 5.89. The molecule has 2 saturated carbocycles. The van der Waals surface area contributed by atoms with Crippen LogP contribution in [0.3, 0.4) is 0 Å². The third-order valence-corrected chi connectivity index (χ3v) is 8.11. The third kappa shape index (κ3) is 4.09. The molecule has 2 aliphatic heterocycles. The van der Waals surface area contributed by atoms with Gasteiger partial charge in [-0.1, -0.05) is 37.2 Å². The van der Waals surface area contributed by atoms with Gasteiger partial charge in [-0.3, -0.25) is 4.79 Å². The van der Waals surface area contributed by atoms with Gasteiger partial charge >= 0.3 is 5.97 Å². The van der Waals surface area contributed by atoms with Crippen LogP contribution in [0, 0.1) is 17.7 Å². The zero-order valence-corrected chi connectivity index (χ0v) is 19.7. The van der Waals surface area contributed by atoms with Gasteiger partial charge in [0.05, 0.1) is 30.8 Å². The van der Waals surface area contributed by atoms with Crippen molar-refractivity contribution in [1.29, 1.82) is 0 Å². The number of carbonyl (C=O) groups excluding carboxylic acids is 2. The average Bonchev–Trinajstić information content (AvgIpc) is 3.53. The number of aliphatic imine (C=N–C) groups is 1. The van der Waals surface area contributed by atoms with Gasteiger partial charge < -0.3 is 15.0 Å². The van der Waals surface area contributed by atoms with Crippen molar-refractivity contribution < 1.29 is 18.7 Å². The molecule has 0 spiro atoms. The normalized spacial score (nSPS) is 27.9. The van der Waals surface area contributed by atoms with Crippen molar-refractivity contribution in [1.82, 2.24) is 10.2 Å². The first-order chi connectivity index (χ1) is 16.0.